The Morgan fingerprint density at radius 1 is 1.32 bits per heavy atom. The van der Waals surface area contributed by atoms with Crippen molar-refractivity contribution in [2.45, 2.75) is 19.4 Å². The number of rotatable bonds is 5. The Bertz CT molecular complexity index is 391. The SMILES string of the molecule is CC(CCN(C)c1ccccc1F)N1CCNCC1. The van der Waals surface area contributed by atoms with Gasteiger partial charge in [-0.2, -0.15) is 0 Å². The second-order valence-electron chi connectivity index (χ2n) is 5.30. The van der Waals surface area contributed by atoms with Gasteiger partial charge in [0.1, 0.15) is 5.82 Å². The molecular weight excluding hydrogens is 241 g/mol. The van der Waals surface area contributed by atoms with Crippen LogP contribution in [0.3, 0.4) is 0 Å². The van der Waals surface area contributed by atoms with Gasteiger partial charge in [-0.1, -0.05) is 12.1 Å². The Morgan fingerprint density at radius 2 is 2.00 bits per heavy atom. The molecule has 1 aliphatic heterocycles. The van der Waals surface area contributed by atoms with Gasteiger partial charge in [0.05, 0.1) is 5.69 Å². The van der Waals surface area contributed by atoms with E-state index in [-0.39, 0.29) is 5.82 Å². The summed E-state index contributed by atoms with van der Waals surface area (Å²) in [4.78, 5) is 4.51. The first-order chi connectivity index (χ1) is 9.18. The summed E-state index contributed by atoms with van der Waals surface area (Å²) in [7, 11) is 1.96. The highest BCUT2D eigenvalue weighted by Crippen LogP contribution is 2.18. The topological polar surface area (TPSA) is 18.5 Å². The molecule has 2 rings (SSSR count). The molecule has 1 heterocycles. The summed E-state index contributed by atoms with van der Waals surface area (Å²) >= 11 is 0. The van der Waals surface area contributed by atoms with Crippen molar-refractivity contribution in [2.75, 3.05) is 44.7 Å². The molecule has 0 aliphatic carbocycles. The molecule has 1 saturated heterocycles. The van der Waals surface area contributed by atoms with Gasteiger partial charge in [-0.15, -0.1) is 0 Å². The second-order valence-corrected chi connectivity index (χ2v) is 5.30. The zero-order valence-corrected chi connectivity index (χ0v) is 11.9. The lowest BCUT2D eigenvalue weighted by Gasteiger charge is -2.34. The molecule has 106 valence electrons. The van der Waals surface area contributed by atoms with Gasteiger partial charge in [0, 0.05) is 45.8 Å². The molecule has 0 saturated carbocycles. The van der Waals surface area contributed by atoms with E-state index in [1.807, 2.05) is 24.1 Å². The molecule has 3 nitrogen and oxygen atoms in total. The lowest BCUT2D eigenvalue weighted by molar-refractivity contribution is 0.178. The quantitative estimate of drug-likeness (QED) is 0.878. The van der Waals surface area contributed by atoms with Crippen LogP contribution >= 0.6 is 0 Å². The fourth-order valence-electron chi connectivity index (χ4n) is 2.57. The Labute approximate surface area is 115 Å². The minimum atomic E-state index is -0.139. The molecule has 0 radical (unpaired) electrons. The van der Waals surface area contributed by atoms with Crippen LogP contribution in [0.4, 0.5) is 10.1 Å². The molecule has 0 amide bonds. The lowest BCUT2D eigenvalue weighted by atomic mass is 10.1. The van der Waals surface area contributed by atoms with Gasteiger partial charge < -0.3 is 10.2 Å². The van der Waals surface area contributed by atoms with Crippen LogP contribution < -0.4 is 10.2 Å². The molecular formula is C15H24FN3. The minimum Gasteiger partial charge on any atom is -0.372 e. The van der Waals surface area contributed by atoms with Crippen LogP contribution in [0, 0.1) is 5.82 Å². The highest BCUT2D eigenvalue weighted by Gasteiger charge is 2.17. The van der Waals surface area contributed by atoms with Crippen molar-refractivity contribution in [3.63, 3.8) is 0 Å². The minimum absolute atomic E-state index is 0.139. The molecule has 1 fully saturated rings. The summed E-state index contributed by atoms with van der Waals surface area (Å²) in [6.45, 7) is 7.53. The van der Waals surface area contributed by atoms with E-state index in [4.69, 9.17) is 0 Å². The second kappa shape index (κ2) is 6.87. The average Bonchev–Trinajstić information content (AvgIpc) is 2.46. The smallest absolute Gasteiger partial charge is 0.146 e. The van der Waals surface area contributed by atoms with Crippen molar-refractivity contribution < 1.29 is 4.39 Å². The number of nitrogens with zero attached hydrogens (tertiary/aromatic N) is 2. The third kappa shape index (κ3) is 3.91. The summed E-state index contributed by atoms with van der Waals surface area (Å²) in [5.74, 6) is -0.139. The van der Waals surface area contributed by atoms with Crippen LogP contribution in [-0.2, 0) is 0 Å². The highest BCUT2D eigenvalue weighted by molar-refractivity contribution is 5.46. The molecule has 1 aromatic rings. The molecule has 1 aliphatic rings. The van der Waals surface area contributed by atoms with Gasteiger partial charge >= 0.3 is 0 Å². The molecule has 4 heteroatoms. The predicted molar refractivity (Wildman–Crippen MR) is 78.2 cm³/mol. The average molecular weight is 265 g/mol. The number of hydrogen-bond donors (Lipinski definition) is 1. The van der Waals surface area contributed by atoms with Gasteiger partial charge in [-0.05, 0) is 25.5 Å². The van der Waals surface area contributed by atoms with Crippen LogP contribution in [0.15, 0.2) is 24.3 Å². The molecule has 0 spiro atoms. The first-order valence-electron chi connectivity index (χ1n) is 7.09. The maximum absolute atomic E-state index is 13.7. The van der Waals surface area contributed by atoms with Crippen molar-refractivity contribution >= 4 is 5.69 Å². The molecule has 0 bridgehead atoms. The third-order valence-electron chi connectivity index (χ3n) is 3.92. The summed E-state index contributed by atoms with van der Waals surface area (Å²) in [6, 6.07) is 7.53. The van der Waals surface area contributed by atoms with E-state index in [9.17, 15) is 4.39 Å². The van der Waals surface area contributed by atoms with Gasteiger partial charge in [0.2, 0.25) is 0 Å². The molecule has 1 N–H and O–H groups in total. The number of anilines is 1. The first kappa shape index (κ1) is 14.3. The van der Waals surface area contributed by atoms with Crippen molar-refractivity contribution in [2.24, 2.45) is 0 Å². The molecule has 19 heavy (non-hydrogen) atoms. The van der Waals surface area contributed by atoms with Gasteiger partial charge in [-0.25, -0.2) is 4.39 Å². The van der Waals surface area contributed by atoms with Gasteiger partial charge in [0.15, 0.2) is 0 Å². The number of nitrogens with one attached hydrogen (secondary N) is 1. The van der Waals surface area contributed by atoms with Crippen LogP contribution in [0.1, 0.15) is 13.3 Å². The summed E-state index contributed by atoms with van der Waals surface area (Å²) in [6.07, 6.45) is 1.06. The van der Waals surface area contributed by atoms with Crippen molar-refractivity contribution in [3.8, 4) is 0 Å². The van der Waals surface area contributed by atoms with E-state index in [1.165, 1.54) is 6.07 Å². The fourth-order valence-corrected chi connectivity index (χ4v) is 2.57. The monoisotopic (exact) mass is 265 g/mol. The standard InChI is InChI=1S/C15H24FN3/c1-13(19-11-8-17-9-12-19)7-10-18(2)15-6-4-3-5-14(15)16/h3-6,13,17H,7-12H2,1-2H3. The van der Waals surface area contributed by atoms with E-state index in [0.717, 1.165) is 39.1 Å². The van der Waals surface area contributed by atoms with E-state index in [1.54, 1.807) is 6.07 Å². The third-order valence-corrected chi connectivity index (χ3v) is 3.92. The largest absolute Gasteiger partial charge is 0.372 e. The Kier molecular flexibility index (Phi) is 5.16. The van der Waals surface area contributed by atoms with Crippen molar-refractivity contribution in [3.05, 3.63) is 30.1 Å². The van der Waals surface area contributed by atoms with Crippen molar-refractivity contribution in [1.82, 2.24) is 10.2 Å². The van der Waals surface area contributed by atoms with Gasteiger partial charge in [0.25, 0.3) is 0 Å². The molecule has 1 unspecified atom stereocenters. The molecule has 0 aromatic heterocycles. The van der Waals surface area contributed by atoms with Crippen LogP contribution in [0.5, 0.6) is 0 Å². The first-order valence-corrected chi connectivity index (χ1v) is 7.09. The summed E-state index contributed by atoms with van der Waals surface area (Å²) < 4.78 is 13.7. The molecule has 1 aromatic carbocycles. The number of piperazine rings is 1. The summed E-state index contributed by atoms with van der Waals surface area (Å²) in [5, 5.41) is 3.37. The number of hydrogen-bond acceptors (Lipinski definition) is 3. The van der Waals surface area contributed by atoms with Crippen LogP contribution in [0.2, 0.25) is 0 Å². The van der Waals surface area contributed by atoms with Crippen molar-refractivity contribution in [1.29, 1.82) is 0 Å². The van der Waals surface area contributed by atoms with Crippen LogP contribution in [0.25, 0.3) is 0 Å². The van der Waals surface area contributed by atoms with E-state index in [2.05, 4.69) is 17.1 Å². The van der Waals surface area contributed by atoms with Gasteiger partial charge in [-0.3, -0.25) is 4.90 Å². The van der Waals surface area contributed by atoms with E-state index >= 15 is 0 Å². The van der Waals surface area contributed by atoms with E-state index < -0.39 is 0 Å². The number of para-hydroxylation sites is 1. The predicted octanol–water partition coefficient (Wildman–Crippen LogP) is 1.95. The number of halogens is 1. The summed E-state index contributed by atoms with van der Waals surface area (Å²) in [5.41, 5.74) is 0.690. The lowest BCUT2D eigenvalue weighted by Crippen LogP contribution is -2.48. The molecule has 1 atom stereocenters. The Balaban J connectivity index is 1.82. The zero-order chi connectivity index (χ0) is 13.7. The Morgan fingerprint density at radius 3 is 2.68 bits per heavy atom. The number of benzene rings is 1. The normalized spacial score (nSPS) is 18.3. The Hall–Kier alpha value is -1.13. The van der Waals surface area contributed by atoms with Crippen LogP contribution in [-0.4, -0.2) is 50.7 Å². The maximum atomic E-state index is 13.7. The highest BCUT2D eigenvalue weighted by atomic mass is 19.1. The van der Waals surface area contributed by atoms with E-state index in [0.29, 0.717) is 11.7 Å². The fraction of sp³-hybridized carbons (Fsp3) is 0.600. The maximum Gasteiger partial charge on any atom is 0.146 e. The zero-order valence-electron chi connectivity index (χ0n) is 11.9.